The van der Waals surface area contributed by atoms with Gasteiger partial charge in [0.05, 0.1) is 0 Å². The van der Waals surface area contributed by atoms with Crippen molar-refractivity contribution >= 4 is 17.5 Å². The predicted octanol–water partition coefficient (Wildman–Crippen LogP) is 2.75. The Bertz CT molecular complexity index is 376. The molecule has 0 saturated heterocycles. The lowest BCUT2D eigenvalue weighted by atomic mass is 10.3. The van der Waals surface area contributed by atoms with Crippen molar-refractivity contribution in [1.82, 2.24) is 4.90 Å². The third-order valence-electron chi connectivity index (χ3n) is 2.26. The summed E-state index contributed by atoms with van der Waals surface area (Å²) in [6.07, 6.45) is 1.70. The fourth-order valence-electron chi connectivity index (χ4n) is 1.33. The first-order valence-electron chi connectivity index (χ1n) is 5.44. The summed E-state index contributed by atoms with van der Waals surface area (Å²) in [6.45, 7) is 6.75. The molecule has 0 saturated carbocycles. The average molecular weight is 254 g/mol. The third kappa shape index (κ3) is 4.49. The summed E-state index contributed by atoms with van der Waals surface area (Å²) < 4.78 is 5.37. The van der Waals surface area contributed by atoms with Gasteiger partial charge in [-0.2, -0.15) is 0 Å². The van der Waals surface area contributed by atoms with E-state index < -0.39 is 0 Å². The van der Waals surface area contributed by atoms with E-state index in [1.165, 1.54) is 0 Å². The number of likely N-dealkylation sites (N-methyl/N-ethyl adjacent to an activating group) is 1. The number of halogens is 1. The van der Waals surface area contributed by atoms with Crippen molar-refractivity contribution < 1.29 is 9.53 Å². The van der Waals surface area contributed by atoms with E-state index in [9.17, 15) is 4.79 Å². The van der Waals surface area contributed by atoms with Gasteiger partial charge in [0.25, 0.3) is 5.91 Å². The smallest absolute Gasteiger partial charge is 0.260 e. The van der Waals surface area contributed by atoms with Gasteiger partial charge in [0.1, 0.15) is 5.75 Å². The quantitative estimate of drug-likeness (QED) is 0.730. The first-order valence-corrected chi connectivity index (χ1v) is 5.82. The van der Waals surface area contributed by atoms with Crippen LogP contribution in [0, 0.1) is 0 Å². The van der Waals surface area contributed by atoms with Gasteiger partial charge < -0.3 is 9.64 Å². The zero-order valence-corrected chi connectivity index (χ0v) is 10.6. The van der Waals surface area contributed by atoms with E-state index in [0.29, 0.717) is 23.9 Å². The molecule has 0 heterocycles. The molecule has 0 bridgehead atoms. The van der Waals surface area contributed by atoms with Crippen molar-refractivity contribution in [3.63, 3.8) is 0 Å². The van der Waals surface area contributed by atoms with Crippen LogP contribution in [0.25, 0.3) is 0 Å². The molecule has 0 spiro atoms. The first kappa shape index (κ1) is 13.6. The van der Waals surface area contributed by atoms with Crippen LogP contribution in [-0.4, -0.2) is 30.5 Å². The van der Waals surface area contributed by atoms with Crippen molar-refractivity contribution in [2.75, 3.05) is 19.7 Å². The predicted molar refractivity (Wildman–Crippen MR) is 69.4 cm³/mol. The Hall–Kier alpha value is -1.48. The van der Waals surface area contributed by atoms with Gasteiger partial charge >= 0.3 is 0 Å². The van der Waals surface area contributed by atoms with Gasteiger partial charge in [0.15, 0.2) is 6.61 Å². The normalized spacial score (nSPS) is 9.76. The minimum absolute atomic E-state index is 0.0311. The Morgan fingerprint density at radius 2 is 2.12 bits per heavy atom. The molecular formula is C13H16ClNO2. The van der Waals surface area contributed by atoms with E-state index in [1.54, 1.807) is 35.2 Å². The Labute approximate surface area is 107 Å². The highest BCUT2D eigenvalue weighted by atomic mass is 35.5. The maximum Gasteiger partial charge on any atom is 0.260 e. The molecule has 0 aliphatic carbocycles. The zero-order valence-electron chi connectivity index (χ0n) is 9.86. The fraction of sp³-hybridized carbons (Fsp3) is 0.308. The molecule has 1 rings (SSSR count). The van der Waals surface area contributed by atoms with Crippen LogP contribution >= 0.6 is 11.6 Å². The highest BCUT2D eigenvalue weighted by molar-refractivity contribution is 6.30. The van der Waals surface area contributed by atoms with Crippen LogP contribution in [0.1, 0.15) is 6.92 Å². The first-order chi connectivity index (χ1) is 8.17. The Kier molecular flexibility index (Phi) is 5.57. The van der Waals surface area contributed by atoms with E-state index in [2.05, 4.69) is 6.58 Å². The summed E-state index contributed by atoms with van der Waals surface area (Å²) in [6, 6.07) is 6.92. The number of ether oxygens (including phenoxy) is 1. The van der Waals surface area contributed by atoms with Gasteiger partial charge in [0, 0.05) is 18.1 Å². The van der Waals surface area contributed by atoms with Crippen LogP contribution in [0.3, 0.4) is 0 Å². The molecular weight excluding hydrogens is 238 g/mol. The molecule has 4 heteroatoms. The summed E-state index contributed by atoms with van der Waals surface area (Å²) >= 11 is 5.75. The fourth-order valence-corrected chi connectivity index (χ4v) is 1.46. The monoisotopic (exact) mass is 253 g/mol. The second-order valence-electron chi connectivity index (χ2n) is 3.46. The molecule has 3 nitrogen and oxygen atoms in total. The third-order valence-corrected chi connectivity index (χ3v) is 2.51. The number of hydrogen-bond donors (Lipinski definition) is 0. The van der Waals surface area contributed by atoms with Crippen molar-refractivity contribution in [2.24, 2.45) is 0 Å². The van der Waals surface area contributed by atoms with Crippen molar-refractivity contribution in [1.29, 1.82) is 0 Å². The molecule has 92 valence electrons. The van der Waals surface area contributed by atoms with Crippen LogP contribution in [0.4, 0.5) is 0 Å². The molecule has 0 unspecified atom stereocenters. The second kappa shape index (κ2) is 6.97. The van der Waals surface area contributed by atoms with Crippen molar-refractivity contribution in [2.45, 2.75) is 6.92 Å². The number of carbonyl (C=O) groups excluding carboxylic acids is 1. The standard InChI is InChI=1S/C13H16ClNO2/c1-3-9-15(4-2)13(16)10-17-12-7-5-11(14)6-8-12/h3,5-8H,1,4,9-10H2,2H3. The summed E-state index contributed by atoms with van der Waals surface area (Å²) in [5.41, 5.74) is 0. The largest absolute Gasteiger partial charge is 0.484 e. The highest BCUT2D eigenvalue weighted by Crippen LogP contribution is 2.15. The number of amides is 1. The van der Waals surface area contributed by atoms with Gasteiger partial charge in [-0.1, -0.05) is 17.7 Å². The molecule has 1 aromatic carbocycles. The van der Waals surface area contributed by atoms with E-state index >= 15 is 0 Å². The van der Waals surface area contributed by atoms with Gasteiger partial charge in [-0.25, -0.2) is 0 Å². The van der Waals surface area contributed by atoms with Crippen LogP contribution < -0.4 is 4.74 Å². The highest BCUT2D eigenvalue weighted by Gasteiger charge is 2.10. The van der Waals surface area contributed by atoms with Crippen LogP contribution in [0.15, 0.2) is 36.9 Å². The Balaban J connectivity index is 2.46. The van der Waals surface area contributed by atoms with Gasteiger partial charge in [-0.15, -0.1) is 6.58 Å². The minimum Gasteiger partial charge on any atom is -0.484 e. The van der Waals surface area contributed by atoms with E-state index in [0.717, 1.165) is 0 Å². The molecule has 0 N–H and O–H groups in total. The van der Waals surface area contributed by atoms with Crippen molar-refractivity contribution in [3.8, 4) is 5.75 Å². The molecule has 17 heavy (non-hydrogen) atoms. The summed E-state index contributed by atoms with van der Waals surface area (Å²) in [7, 11) is 0. The molecule has 0 aromatic heterocycles. The number of rotatable bonds is 6. The molecule has 0 atom stereocenters. The van der Waals surface area contributed by atoms with Crippen LogP contribution in [0.5, 0.6) is 5.75 Å². The van der Waals surface area contributed by atoms with E-state index in [1.807, 2.05) is 6.92 Å². The SMILES string of the molecule is C=CCN(CC)C(=O)COc1ccc(Cl)cc1. The summed E-state index contributed by atoms with van der Waals surface area (Å²) in [5.74, 6) is 0.583. The zero-order chi connectivity index (χ0) is 12.7. The number of benzene rings is 1. The van der Waals surface area contributed by atoms with Crippen LogP contribution in [-0.2, 0) is 4.79 Å². The molecule has 0 aliphatic rings. The van der Waals surface area contributed by atoms with Gasteiger partial charge in [0.2, 0.25) is 0 Å². The lowest BCUT2D eigenvalue weighted by Crippen LogP contribution is -2.34. The molecule has 0 aliphatic heterocycles. The molecule has 1 aromatic rings. The summed E-state index contributed by atoms with van der Waals surface area (Å²) in [4.78, 5) is 13.4. The maximum absolute atomic E-state index is 11.7. The summed E-state index contributed by atoms with van der Waals surface area (Å²) in [5, 5.41) is 0.644. The lowest BCUT2D eigenvalue weighted by molar-refractivity contribution is -0.132. The second-order valence-corrected chi connectivity index (χ2v) is 3.90. The van der Waals surface area contributed by atoms with Gasteiger partial charge in [-0.3, -0.25) is 4.79 Å². The molecule has 0 radical (unpaired) electrons. The number of nitrogens with zero attached hydrogens (tertiary/aromatic N) is 1. The average Bonchev–Trinajstić information content (AvgIpc) is 2.35. The number of hydrogen-bond acceptors (Lipinski definition) is 2. The lowest BCUT2D eigenvalue weighted by Gasteiger charge is -2.18. The topological polar surface area (TPSA) is 29.5 Å². The van der Waals surface area contributed by atoms with E-state index in [4.69, 9.17) is 16.3 Å². The Morgan fingerprint density at radius 3 is 2.65 bits per heavy atom. The van der Waals surface area contributed by atoms with Crippen molar-refractivity contribution in [3.05, 3.63) is 41.9 Å². The van der Waals surface area contributed by atoms with E-state index in [-0.39, 0.29) is 12.5 Å². The minimum atomic E-state index is -0.0534. The van der Waals surface area contributed by atoms with Gasteiger partial charge in [-0.05, 0) is 31.2 Å². The molecule has 0 fully saturated rings. The number of carbonyl (C=O) groups is 1. The molecule has 1 amide bonds. The van der Waals surface area contributed by atoms with Crippen LogP contribution in [0.2, 0.25) is 5.02 Å². The Morgan fingerprint density at radius 1 is 1.47 bits per heavy atom. The maximum atomic E-state index is 11.7.